The van der Waals surface area contributed by atoms with E-state index in [-0.39, 0.29) is 15.7 Å². The van der Waals surface area contributed by atoms with Gasteiger partial charge >= 0.3 is 0 Å². The minimum Gasteiger partial charge on any atom is -0.302 e. The van der Waals surface area contributed by atoms with Crippen molar-refractivity contribution in [1.29, 1.82) is 0 Å². The molecule has 0 aliphatic carbocycles. The number of halogens is 2. The Balaban J connectivity index is 2.09. The van der Waals surface area contributed by atoms with Gasteiger partial charge in [0, 0.05) is 17.3 Å². The Hall–Kier alpha value is -2.22. The summed E-state index contributed by atoms with van der Waals surface area (Å²) in [5, 5.41) is 5.23. The Morgan fingerprint density at radius 1 is 1.15 bits per heavy atom. The number of nitrogens with zero attached hydrogens (tertiary/aromatic N) is 2. The minimum atomic E-state index is -3.89. The summed E-state index contributed by atoms with van der Waals surface area (Å²) >= 11 is 6.13. The molecule has 5 nitrogen and oxygen atoms in total. The number of hydrogen-bond donors (Lipinski definition) is 1. The molecule has 3 aromatic rings. The molecule has 3 rings (SSSR count). The van der Waals surface area contributed by atoms with Crippen molar-refractivity contribution >= 4 is 21.6 Å². The normalized spacial score (nSPS) is 12.3. The van der Waals surface area contributed by atoms with Gasteiger partial charge < -0.3 is 4.57 Å². The highest BCUT2D eigenvalue weighted by atomic mass is 35.5. The van der Waals surface area contributed by atoms with Crippen molar-refractivity contribution in [3.63, 3.8) is 0 Å². The van der Waals surface area contributed by atoms with Crippen molar-refractivity contribution in [2.45, 2.75) is 24.2 Å². The fraction of sp³-hybridized carbons (Fsp3) is 0.167. The highest BCUT2D eigenvalue weighted by Crippen LogP contribution is 2.35. The number of primary sulfonamides is 1. The van der Waals surface area contributed by atoms with Gasteiger partial charge in [0.25, 0.3) is 0 Å². The maximum Gasteiger partial charge on any atom is 0.239 e. The summed E-state index contributed by atoms with van der Waals surface area (Å²) in [4.78, 5) is 4.09. The average Bonchev–Trinajstić information content (AvgIpc) is 3.04. The molecule has 0 fully saturated rings. The lowest BCUT2D eigenvalue weighted by Gasteiger charge is -2.27. The van der Waals surface area contributed by atoms with Crippen LogP contribution in [-0.4, -0.2) is 18.0 Å². The number of nitrogens with two attached hydrogens (primary N) is 1. The largest absolute Gasteiger partial charge is 0.302 e. The van der Waals surface area contributed by atoms with Crippen molar-refractivity contribution in [1.82, 2.24) is 9.55 Å². The van der Waals surface area contributed by atoms with Gasteiger partial charge in [0.05, 0.1) is 17.0 Å². The van der Waals surface area contributed by atoms with Gasteiger partial charge in [0.1, 0.15) is 10.7 Å². The monoisotopic (exact) mass is 393 g/mol. The van der Waals surface area contributed by atoms with Crippen molar-refractivity contribution in [2.75, 3.05) is 0 Å². The number of benzene rings is 2. The molecule has 2 N–H and O–H groups in total. The molecule has 136 valence electrons. The molecule has 1 heterocycles. The number of aromatic nitrogens is 2. The fourth-order valence-corrected chi connectivity index (χ4v) is 3.92. The lowest BCUT2D eigenvalue weighted by atomic mass is 9.81. The molecule has 1 aromatic heterocycles. The van der Waals surface area contributed by atoms with Crippen LogP contribution in [0.1, 0.15) is 25.1 Å². The molecule has 0 aliphatic heterocycles. The lowest BCUT2D eigenvalue weighted by molar-refractivity contribution is 0.593. The second-order valence-corrected chi connectivity index (χ2v) is 8.38. The second kappa shape index (κ2) is 6.50. The lowest BCUT2D eigenvalue weighted by Crippen LogP contribution is -2.23. The minimum absolute atomic E-state index is 0.0610. The molecule has 26 heavy (non-hydrogen) atoms. The zero-order valence-electron chi connectivity index (χ0n) is 14.1. The maximum absolute atomic E-state index is 13.2. The standard InChI is InChI=1S/C18H17ClFN3O2S/c1-18(2,12-3-8-16(15(19)9-12)26(21,24)25)17-10-22-11-23(17)14-6-4-13(20)5-7-14/h3-11H,1-2H3,(H2,21,24,25). The van der Waals surface area contributed by atoms with Gasteiger partial charge in [-0.15, -0.1) is 0 Å². The number of hydrogen-bond acceptors (Lipinski definition) is 3. The first-order valence-electron chi connectivity index (χ1n) is 7.72. The van der Waals surface area contributed by atoms with Crippen LogP contribution in [0.5, 0.6) is 0 Å². The quantitative estimate of drug-likeness (QED) is 0.735. The maximum atomic E-state index is 13.2. The molecule has 0 amide bonds. The van der Waals surface area contributed by atoms with Crippen LogP contribution in [-0.2, 0) is 15.4 Å². The first kappa shape index (κ1) is 18.6. The van der Waals surface area contributed by atoms with Crippen LogP contribution in [0.4, 0.5) is 4.39 Å². The van der Waals surface area contributed by atoms with Gasteiger partial charge in [-0.25, -0.2) is 22.9 Å². The summed E-state index contributed by atoms with van der Waals surface area (Å²) in [6, 6.07) is 10.7. The molecule has 2 aromatic carbocycles. The Kier molecular flexibility index (Phi) is 4.64. The molecule has 0 atom stereocenters. The van der Waals surface area contributed by atoms with E-state index in [1.54, 1.807) is 36.8 Å². The third-order valence-corrected chi connectivity index (χ3v) is 5.74. The number of imidazole rings is 1. The average molecular weight is 394 g/mol. The zero-order valence-corrected chi connectivity index (χ0v) is 15.7. The van der Waals surface area contributed by atoms with Crippen LogP contribution in [0.3, 0.4) is 0 Å². The molecule has 0 radical (unpaired) electrons. The van der Waals surface area contributed by atoms with Gasteiger partial charge in [-0.3, -0.25) is 0 Å². The van der Waals surface area contributed by atoms with Crippen LogP contribution in [0, 0.1) is 5.82 Å². The van der Waals surface area contributed by atoms with Gasteiger partial charge in [-0.2, -0.15) is 0 Å². The van der Waals surface area contributed by atoms with E-state index >= 15 is 0 Å². The van der Waals surface area contributed by atoms with Crippen LogP contribution in [0.2, 0.25) is 5.02 Å². The van der Waals surface area contributed by atoms with Crippen LogP contribution >= 0.6 is 11.6 Å². The topological polar surface area (TPSA) is 78.0 Å². The zero-order chi connectivity index (χ0) is 19.1. The molecule has 0 saturated carbocycles. The van der Waals surface area contributed by atoms with E-state index in [9.17, 15) is 12.8 Å². The van der Waals surface area contributed by atoms with Gasteiger partial charge in [0.15, 0.2) is 0 Å². The van der Waals surface area contributed by atoms with E-state index in [2.05, 4.69) is 4.98 Å². The van der Waals surface area contributed by atoms with Crippen molar-refractivity contribution in [2.24, 2.45) is 5.14 Å². The Morgan fingerprint density at radius 2 is 1.81 bits per heavy atom. The predicted octanol–water partition coefficient (Wildman–Crippen LogP) is 3.64. The van der Waals surface area contributed by atoms with Crippen molar-refractivity contribution < 1.29 is 12.8 Å². The Bertz CT molecular complexity index is 1060. The summed E-state index contributed by atoms with van der Waals surface area (Å²) in [6.07, 6.45) is 3.36. The Morgan fingerprint density at radius 3 is 2.38 bits per heavy atom. The third-order valence-electron chi connectivity index (χ3n) is 4.34. The van der Waals surface area contributed by atoms with E-state index in [1.807, 2.05) is 18.4 Å². The summed E-state index contributed by atoms with van der Waals surface area (Å²) in [5.41, 5.74) is 1.84. The molecule has 0 aliphatic rings. The molecule has 0 saturated heterocycles. The van der Waals surface area contributed by atoms with E-state index in [4.69, 9.17) is 16.7 Å². The van der Waals surface area contributed by atoms with Crippen molar-refractivity contribution in [3.05, 3.63) is 77.1 Å². The van der Waals surface area contributed by atoms with Crippen LogP contribution < -0.4 is 5.14 Å². The van der Waals surface area contributed by atoms with Gasteiger partial charge in [-0.05, 0) is 42.0 Å². The molecular weight excluding hydrogens is 377 g/mol. The van der Waals surface area contributed by atoms with E-state index in [0.717, 1.165) is 16.9 Å². The molecular formula is C18H17ClFN3O2S. The first-order valence-corrected chi connectivity index (χ1v) is 9.65. The Labute approximate surface area is 156 Å². The molecule has 8 heteroatoms. The first-order chi connectivity index (χ1) is 12.1. The molecule has 0 spiro atoms. The predicted molar refractivity (Wildman–Crippen MR) is 98.5 cm³/mol. The SMILES string of the molecule is CC(C)(c1ccc(S(N)(=O)=O)c(Cl)c1)c1cncn1-c1ccc(F)cc1. The molecule has 0 unspecified atom stereocenters. The summed E-state index contributed by atoms with van der Waals surface area (Å²) < 4.78 is 38.2. The van der Waals surface area contributed by atoms with Gasteiger partial charge in [-0.1, -0.05) is 31.5 Å². The van der Waals surface area contributed by atoms with E-state index in [0.29, 0.717) is 0 Å². The molecule has 0 bridgehead atoms. The van der Waals surface area contributed by atoms with Crippen LogP contribution in [0.15, 0.2) is 59.9 Å². The number of rotatable bonds is 4. The highest BCUT2D eigenvalue weighted by Gasteiger charge is 2.28. The summed E-state index contributed by atoms with van der Waals surface area (Å²) in [5.74, 6) is -0.319. The van der Waals surface area contributed by atoms with Gasteiger partial charge in [0.2, 0.25) is 10.0 Å². The fourth-order valence-electron chi connectivity index (χ4n) is 2.83. The van der Waals surface area contributed by atoms with Crippen LogP contribution in [0.25, 0.3) is 5.69 Å². The van der Waals surface area contributed by atoms with E-state index in [1.165, 1.54) is 18.2 Å². The summed E-state index contributed by atoms with van der Waals surface area (Å²) in [6.45, 7) is 3.93. The summed E-state index contributed by atoms with van der Waals surface area (Å²) in [7, 11) is -3.89. The third kappa shape index (κ3) is 3.38. The number of sulfonamides is 1. The second-order valence-electron chi connectivity index (χ2n) is 6.44. The smallest absolute Gasteiger partial charge is 0.239 e. The van der Waals surface area contributed by atoms with E-state index < -0.39 is 15.4 Å². The van der Waals surface area contributed by atoms with Crippen molar-refractivity contribution in [3.8, 4) is 5.69 Å². The highest BCUT2D eigenvalue weighted by molar-refractivity contribution is 7.89.